The minimum absolute atomic E-state index is 0.0665. The zero-order valence-electron chi connectivity index (χ0n) is 47.2. The SMILES string of the molecule is C1=CCCC(c2ccc(-c3ccccc3)c3c2c2c(-c4ccccc4)ccc(-c4ccccc4)c2n3-c2c(-c3ccc(-c4ccccc4)cc3)cc(-c3nc(C4=CCCC=C4)nc(-c4ccccc4)n3)cc2[C@@H]2C=CC(c3ccccc3)=CC2)=C1. The molecule has 4 heteroatoms. The molecule has 15 rings (SSSR count). The van der Waals surface area contributed by atoms with Crippen molar-refractivity contribution in [3.05, 3.63) is 320 Å². The maximum absolute atomic E-state index is 5.50. The Morgan fingerprint density at radius 2 is 0.847 bits per heavy atom. The lowest BCUT2D eigenvalue weighted by Gasteiger charge is -2.27. The molecule has 12 aromatic rings. The number of aromatic nitrogens is 4. The van der Waals surface area contributed by atoms with Crippen LogP contribution < -0.4 is 0 Å². The van der Waals surface area contributed by atoms with Gasteiger partial charge in [0.1, 0.15) is 0 Å². The highest BCUT2D eigenvalue weighted by Gasteiger charge is 2.31. The molecule has 0 N–H and O–H groups in total. The van der Waals surface area contributed by atoms with Gasteiger partial charge in [0, 0.05) is 50.1 Å². The van der Waals surface area contributed by atoms with E-state index in [2.05, 4.69) is 296 Å². The van der Waals surface area contributed by atoms with Gasteiger partial charge < -0.3 is 4.57 Å². The van der Waals surface area contributed by atoms with Crippen molar-refractivity contribution in [3.8, 4) is 84.1 Å². The molecule has 0 radical (unpaired) electrons. The van der Waals surface area contributed by atoms with E-state index >= 15 is 0 Å². The molecule has 3 aliphatic carbocycles. The Bertz CT molecular complexity index is 4660. The summed E-state index contributed by atoms with van der Waals surface area (Å²) in [5, 5.41) is 2.46. The molecule has 0 spiro atoms. The highest BCUT2D eigenvalue weighted by molar-refractivity contribution is 6.25. The Kier molecular flexibility index (Phi) is 13.7. The standard InChI is InChI=1S/C81H60N4/c1-9-25-55(26-10-1)57-41-45-63(46-42-57)72-53-67(81-83-79(65-37-21-7-22-38-65)82-80(84-81)66-39-23-8-24-40-66)54-73(64-47-43-58(44-48-64)56-27-11-2-12-28-56)76(72)85-77-70(61-33-17-5-18-34-61)51-49-68(59-29-13-3-14-30-59)74(77)75-69(60-31-15-4-16-32-60)50-52-71(78(75)85)62-35-19-6-20-36-62/h1-7,9-15,17-23,25-31,33-47,49-54,64H,8,16,24,32,48H2/t64-/m1/s1. The molecule has 85 heavy (non-hydrogen) atoms. The summed E-state index contributed by atoms with van der Waals surface area (Å²) in [5.74, 6) is 1.87. The summed E-state index contributed by atoms with van der Waals surface area (Å²) in [6, 6.07) is 88.6. The molecule has 404 valence electrons. The largest absolute Gasteiger partial charge is 0.307 e. The van der Waals surface area contributed by atoms with Crippen LogP contribution in [0, 0.1) is 0 Å². The Hall–Kier alpha value is -10.6. The van der Waals surface area contributed by atoms with Crippen LogP contribution in [0.2, 0.25) is 0 Å². The van der Waals surface area contributed by atoms with Crippen molar-refractivity contribution in [3.63, 3.8) is 0 Å². The zero-order valence-corrected chi connectivity index (χ0v) is 47.2. The van der Waals surface area contributed by atoms with E-state index in [0.717, 1.165) is 104 Å². The van der Waals surface area contributed by atoms with Crippen LogP contribution >= 0.6 is 0 Å². The lowest BCUT2D eigenvalue weighted by Crippen LogP contribution is -2.10. The van der Waals surface area contributed by atoms with Gasteiger partial charge in [0.05, 0.1) is 16.7 Å². The van der Waals surface area contributed by atoms with E-state index in [-0.39, 0.29) is 5.92 Å². The summed E-state index contributed by atoms with van der Waals surface area (Å²) >= 11 is 0. The van der Waals surface area contributed by atoms with Gasteiger partial charge in [-0.05, 0) is 111 Å². The minimum Gasteiger partial charge on any atom is -0.307 e. The van der Waals surface area contributed by atoms with Crippen LogP contribution in [-0.4, -0.2) is 19.5 Å². The Morgan fingerprint density at radius 3 is 1.41 bits per heavy atom. The number of fused-ring (bicyclic) bond motifs is 3. The number of allylic oxidation sites excluding steroid dienone is 12. The molecule has 4 nitrogen and oxygen atoms in total. The second-order valence-corrected chi connectivity index (χ2v) is 22.3. The number of rotatable bonds is 12. The van der Waals surface area contributed by atoms with E-state index < -0.39 is 0 Å². The molecular formula is C81H60N4. The lowest BCUT2D eigenvalue weighted by molar-refractivity contribution is 0.846. The average Bonchev–Trinajstić information content (AvgIpc) is 1.69. The van der Waals surface area contributed by atoms with E-state index in [1.807, 2.05) is 6.07 Å². The average molecular weight is 1090 g/mol. The molecule has 10 aromatic carbocycles. The molecule has 0 saturated carbocycles. The first-order valence-corrected chi connectivity index (χ1v) is 29.8. The number of hydrogen-bond acceptors (Lipinski definition) is 3. The van der Waals surface area contributed by atoms with Gasteiger partial charge in [-0.25, -0.2) is 15.0 Å². The molecule has 3 aliphatic rings. The second-order valence-electron chi connectivity index (χ2n) is 22.3. The molecule has 0 bridgehead atoms. The smallest absolute Gasteiger partial charge is 0.164 e. The van der Waals surface area contributed by atoms with Crippen LogP contribution in [0.1, 0.15) is 60.5 Å². The third kappa shape index (κ3) is 9.82. The molecule has 2 aromatic heterocycles. The van der Waals surface area contributed by atoms with Crippen molar-refractivity contribution in [1.82, 2.24) is 19.5 Å². The van der Waals surface area contributed by atoms with Gasteiger partial charge in [-0.2, -0.15) is 0 Å². The summed E-state index contributed by atoms with van der Waals surface area (Å²) < 4.78 is 2.71. The molecule has 1 atom stereocenters. The van der Waals surface area contributed by atoms with Crippen molar-refractivity contribution >= 4 is 38.5 Å². The minimum atomic E-state index is -0.0665. The van der Waals surface area contributed by atoms with Gasteiger partial charge in [-0.1, -0.05) is 285 Å². The van der Waals surface area contributed by atoms with Crippen LogP contribution in [0.15, 0.2) is 297 Å². The Labute approximate surface area is 497 Å². The topological polar surface area (TPSA) is 43.6 Å². The van der Waals surface area contributed by atoms with Gasteiger partial charge in [-0.3, -0.25) is 0 Å². The number of hydrogen-bond donors (Lipinski definition) is 0. The molecule has 0 fully saturated rings. The summed E-state index contributed by atoms with van der Waals surface area (Å²) in [4.78, 5) is 16.2. The molecule has 0 amide bonds. The van der Waals surface area contributed by atoms with Gasteiger partial charge >= 0.3 is 0 Å². The van der Waals surface area contributed by atoms with E-state index in [9.17, 15) is 0 Å². The fraction of sp³-hybridized carbons (Fsp3) is 0.0741. The number of benzene rings is 10. The summed E-state index contributed by atoms with van der Waals surface area (Å²) in [5.41, 5.74) is 24.0. The molecular weight excluding hydrogens is 1030 g/mol. The first-order valence-electron chi connectivity index (χ1n) is 29.8. The molecule has 0 aliphatic heterocycles. The summed E-state index contributed by atoms with van der Waals surface area (Å²) in [6.07, 6.45) is 25.4. The van der Waals surface area contributed by atoms with Crippen LogP contribution in [0.4, 0.5) is 0 Å². The molecule has 0 unspecified atom stereocenters. The third-order valence-corrected chi connectivity index (χ3v) is 17.1. The first kappa shape index (κ1) is 51.3. The van der Waals surface area contributed by atoms with Gasteiger partial charge in [-0.15, -0.1) is 0 Å². The molecule has 2 heterocycles. The van der Waals surface area contributed by atoms with Crippen LogP contribution in [0.5, 0.6) is 0 Å². The quantitative estimate of drug-likeness (QED) is 0.122. The maximum Gasteiger partial charge on any atom is 0.164 e. The van der Waals surface area contributed by atoms with Crippen molar-refractivity contribution in [2.24, 2.45) is 0 Å². The van der Waals surface area contributed by atoms with Crippen molar-refractivity contribution in [2.75, 3.05) is 0 Å². The first-order chi connectivity index (χ1) is 42.2. The summed E-state index contributed by atoms with van der Waals surface area (Å²) in [6.45, 7) is 0. The van der Waals surface area contributed by atoms with Crippen molar-refractivity contribution in [2.45, 2.75) is 38.0 Å². The number of nitrogens with zero attached hydrogens (tertiary/aromatic N) is 4. The predicted molar refractivity (Wildman–Crippen MR) is 356 cm³/mol. The van der Waals surface area contributed by atoms with Crippen LogP contribution in [0.3, 0.4) is 0 Å². The zero-order chi connectivity index (χ0) is 56.5. The molecule has 0 saturated heterocycles. The normalized spacial score (nSPS) is 14.8. The highest BCUT2D eigenvalue weighted by atomic mass is 15.0. The van der Waals surface area contributed by atoms with Crippen LogP contribution in [0.25, 0.3) is 123 Å². The van der Waals surface area contributed by atoms with Gasteiger partial charge in [0.15, 0.2) is 17.5 Å². The van der Waals surface area contributed by atoms with Crippen LogP contribution in [-0.2, 0) is 0 Å². The monoisotopic (exact) mass is 1090 g/mol. The van der Waals surface area contributed by atoms with E-state index in [1.54, 1.807) is 0 Å². The fourth-order valence-corrected chi connectivity index (χ4v) is 13.0. The second kappa shape index (κ2) is 22.7. The Balaban J connectivity index is 1.13. The van der Waals surface area contributed by atoms with E-state index in [1.165, 1.54) is 55.3 Å². The van der Waals surface area contributed by atoms with E-state index in [4.69, 9.17) is 15.0 Å². The van der Waals surface area contributed by atoms with Crippen molar-refractivity contribution in [1.29, 1.82) is 0 Å². The highest BCUT2D eigenvalue weighted by Crippen LogP contribution is 2.52. The fourth-order valence-electron chi connectivity index (χ4n) is 13.0. The summed E-state index contributed by atoms with van der Waals surface area (Å²) in [7, 11) is 0. The van der Waals surface area contributed by atoms with Gasteiger partial charge in [0.25, 0.3) is 0 Å². The van der Waals surface area contributed by atoms with Crippen molar-refractivity contribution < 1.29 is 0 Å². The third-order valence-electron chi connectivity index (χ3n) is 17.1. The van der Waals surface area contributed by atoms with E-state index in [0.29, 0.717) is 17.5 Å². The predicted octanol–water partition coefficient (Wildman–Crippen LogP) is 21.2. The maximum atomic E-state index is 5.50. The lowest BCUT2D eigenvalue weighted by atomic mass is 9.84. The Morgan fingerprint density at radius 1 is 0.353 bits per heavy atom. The van der Waals surface area contributed by atoms with Gasteiger partial charge in [0.2, 0.25) is 0 Å².